The minimum atomic E-state index is -1.28. The van der Waals surface area contributed by atoms with Crippen molar-refractivity contribution in [1.29, 1.82) is 0 Å². The second-order valence-electron chi connectivity index (χ2n) is 2.58. The molecule has 1 aliphatic heterocycles. The van der Waals surface area contributed by atoms with Gasteiger partial charge in [0.05, 0.1) is 19.4 Å². The van der Waals surface area contributed by atoms with Gasteiger partial charge >= 0.3 is 0 Å². The maximum absolute atomic E-state index is 8.95. The van der Waals surface area contributed by atoms with Gasteiger partial charge in [0, 0.05) is 0 Å². The van der Waals surface area contributed by atoms with Crippen LogP contribution < -0.4 is 0 Å². The summed E-state index contributed by atoms with van der Waals surface area (Å²) in [6.45, 7) is -0.948. The maximum atomic E-state index is 8.95. The Morgan fingerprint density at radius 3 is 2.69 bits per heavy atom. The Morgan fingerprint density at radius 1 is 1.46 bits per heavy atom. The molecule has 2 atom stereocenters. The van der Waals surface area contributed by atoms with Gasteiger partial charge in [0.25, 0.3) is 0 Å². The SMILES string of the molecule is OCC(O)COC1(CO)C=NN=N1. The standard InChI is InChI=1S/C6H11N3O4/c10-1-5(12)2-13-6(4-11)3-7-9-8-6/h3,5,10-12H,1-2,4H2. The molecule has 13 heavy (non-hydrogen) atoms. The van der Waals surface area contributed by atoms with Crippen LogP contribution in [0.5, 0.6) is 0 Å². The molecular formula is C6H11N3O4. The summed E-state index contributed by atoms with van der Waals surface area (Å²) in [7, 11) is 0. The Kier molecular flexibility index (Phi) is 3.43. The molecule has 0 saturated carbocycles. The summed E-state index contributed by atoms with van der Waals surface area (Å²) >= 11 is 0. The topological polar surface area (TPSA) is 107 Å². The largest absolute Gasteiger partial charge is 0.394 e. The molecule has 2 unspecified atom stereocenters. The number of aliphatic hydroxyl groups excluding tert-OH is 3. The van der Waals surface area contributed by atoms with Crippen LogP contribution in [0.2, 0.25) is 0 Å². The zero-order valence-electron chi connectivity index (χ0n) is 6.87. The molecule has 0 fully saturated rings. The average Bonchev–Trinajstić information content (AvgIpc) is 2.63. The third kappa shape index (κ3) is 2.52. The van der Waals surface area contributed by atoms with Crippen LogP contribution in [-0.2, 0) is 4.74 Å². The fraction of sp³-hybridized carbons (Fsp3) is 0.833. The quantitative estimate of drug-likeness (QED) is 0.489. The smallest absolute Gasteiger partial charge is 0.242 e. The van der Waals surface area contributed by atoms with Crippen molar-refractivity contribution < 1.29 is 20.1 Å². The lowest BCUT2D eigenvalue weighted by atomic mass is 10.3. The molecular weight excluding hydrogens is 178 g/mol. The molecule has 1 aliphatic rings. The van der Waals surface area contributed by atoms with Crippen LogP contribution in [-0.4, -0.2) is 53.2 Å². The van der Waals surface area contributed by atoms with Gasteiger partial charge in [-0.15, -0.1) is 10.2 Å². The van der Waals surface area contributed by atoms with Gasteiger partial charge in [-0.25, -0.2) is 0 Å². The summed E-state index contributed by atoms with van der Waals surface area (Å²) in [5.74, 6) is 0. The number of aliphatic hydroxyl groups is 3. The summed E-state index contributed by atoms with van der Waals surface area (Å²) in [5.41, 5.74) is -1.28. The Bertz CT molecular complexity index is 206. The molecule has 0 aliphatic carbocycles. The van der Waals surface area contributed by atoms with Gasteiger partial charge in [0.2, 0.25) is 5.72 Å². The normalized spacial score (nSPS) is 28.2. The highest BCUT2D eigenvalue weighted by molar-refractivity contribution is 5.69. The predicted octanol–water partition coefficient (Wildman–Crippen LogP) is -1.50. The average molecular weight is 189 g/mol. The first-order valence-corrected chi connectivity index (χ1v) is 3.72. The van der Waals surface area contributed by atoms with E-state index in [1.165, 1.54) is 6.21 Å². The van der Waals surface area contributed by atoms with Crippen molar-refractivity contribution in [1.82, 2.24) is 0 Å². The monoisotopic (exact) mass is 189 g/mol. The molecule has 7 nitrogen and oxygen atoms in total. The molecule has 1 heterocycles. The van der Waals surface area contributed by atoms with E-state index in [9.17, 15) is 0 Å². The van der Waals surface area contributed by atoms with Crippen LogP contribution in [0, 0.1) is 0 Å². The Hall–Kier alpha value is -0.890. The zero-order valence-corrected chi connectivity index (χ0v) is 6.87. The van der Waals surface area contributed by atoms with Gasteiger partial charge in [-0.3, -0.25) is 0 Å². The molecule has 0 aromatic heterocycles. The van der Waals surface area contributed by atoms with Crippen molar-refractivity contribution in [2.45, 2.75) is 11.8 Å². The van der Waals surface area contributed by atoms with Crippen LogP contribution in [0.1, 0.15) is 0 Å². The molecule has 0 spiro atoms. The molecule has 0 aromatic rings. The van der Waals surface area contributed by atoms with E-state index in [-0.39, 0.29) is 6.61 Å². The Balaban J connectivity index is 2.41. The molecule has 0 radical (unpaired) electrons. The molecule has 0 aromatic carbocycles. The van der Waals surface area contributed by atoms with Crippen LogP contribution in [0.25, 0.3) is 0 Å². The van der Waals surface area contributed by atoms with E-state index in [1.807, 2.05) is 0 Å². The van der Waals surface area contributed by atoms with Gasteiger partial charge in [-0.1, -0.05) is 0 Å². The molecule has 7 heteroatoms. The Morgan fingerprint density at radius 2 is 2.23 bits per heavy atom. The second-order valence-corrected chi connectivity index (χ2v) is 2.58. The number of ether oxygens (including phenoxy) is 1. The lowest BCUT2D eigenvalue weighted by Gasteiger charge is -2.20. The number of hydrogen-bond donors (Lipinski definition) is 3. The van der Waals surface area contributed by atoms with E-state index in [1.54, 1.807) is 0 Å². The van der Waals surface area contributed by atoms with Gasteiger partial charge in [-0.2, -0.15) is 0 Å². The van der Waals surface area contributed by atoms with E-state index in [4.69, 9.17) is 20.1 Å². The Labute approximate surface area is 74.4 Å². The first-order chi connectivity index (χ1) is 6.22. The first-order valence-electron chi connectivity index (χ1n) is 3.72. The number of nitrogens with zero attached hydrogens (tertiary/aromatic N) is 3. The van der Waals surface area contributed by atoms with Crippen molar-refractivity contribution in [2.75, 3.05) is 19.8 Å². The third-order valence-corrected chi connectivity index (χ3v) is 1.49. The van der Waals surface area contributed by atoms with Crippen LogP contribution in [0.15, 0.2) is 15.4 Å². The molecule has 0 amide bonds. The summed E-state index contributed by atoms with van der Waals surface area (Å²) in [4.78, 5) is 0. The lowest BCUT2D eigenvalue weighted by Crippen LogP contribution is -2.38. The van der Waals surface area contributed by atoms with E-state index < -0.39 is 25.0 Å². The van der Waals surface area contributed by atoms with Crippen molar-refractivity contribution >= 4 is 6.21 Å². The molecule has 0 bridgehead atoms. The van der Waals surface area contributed by atoms with Gasteiger partial charge in [0.1, 0.15) is 12.7 Å². The summed E-state index contributed by atoms with van der Waals surface area (Å²) in [6.07, 6.45) is 0.240. The van der Waals surface area contributed by atoms with Crippen molar-refractivity contribution in [3.8, 4) is 0 Å². The second kappa shape index (κ2) is 4.38. The minimum absolute atomic E-state index is 0.137. The van der Waals surface area contributed by atoms with Gasteiger partial charge < -0.3 is 20.1 Å². The van der Waals surface area contributed by atoms with E-state index in [0.717, 1.165) is 0 Å². The highest BCUT2D eigenvalue weighted by Crippen LogP contribution is 2.15. The highest BCUT2D eigenvalue weighted by atomic mass is 16.5. The zero-order chi connectivity index (χ0) is 9.73. The van der Waals surface area contributed by atoms with E-state index in [0.29, 0.717) is 0 Å². The molecule has 3 N–H and O–H groups in total. The van der Waals surface area contributed by atoms with Crippen LogP contribution in [0.3, 0.4) is 0 Å². The van der Waals surface area contributed by atoms with E-state index >= 15 is 0 Å². The van der Waals surface area contributed by atoms with E-state index in [2.05, 4.69) is 15.4 Å². The number of hydrogen-bond acceptors (Lipinski definition) is 7. The van der Waals surface area contributed by atoms with Crippen molar-refractivity contribution in [3.05, 3.63) is 0 Å². The molecule has 1 rings (SSSR count). The fourth-order valence-electron chi connectivity index (χ4n) is 0.721. The summed E-state index contributed by atoms with van der Waals surface area (Å²) in [5, 5.41) is 36.6. The van der Waals surface area contributed by atoms with Crippen LogP contribution >= 0.6 is 0 Å². The maximum Gasteiger partial charge on any atom is 0.242 e. The molecule has 0 saturated heterocycles. The van der Waals surface area contributed by atoms with Crippen LogP contribution in [0.4, 0.5) is 0 Å². The van der Waals surface area contributed by atoms with Gasteiger partial charge in [-0.05, 0) is 5.22 Å². The highest BCUT2D eigenvalue weighted by Gasteiger charge is 2.32. The lowest BCUT2D eigenvalue weighted by molar-refractivity contribution is -0.0694. The molecule has 74 valence electrons. The third-order valence-electron chi connectivity index (χ3n) is 1.49. The van der Waals surface area contributed by atoms with Gasteiger partial charge in [0.15, 0.2) is 0 Å². The van der Waals surface area contributed by atoms with Crippen molar-refractivity contribution in [2.24, 2.45) is 15.4 Å². The summed E-state index contributed by atoms with van der Waals surface area (Å²) < 4.78 is 5.02. The minimum Gasteiger partial charge on any atom is -0.394 e. The predicted molar refractivity (Wildman–Crippen MR) is 42.2 cm³/mol. The van der Waals surface area contributed by atoms with Crippen molar-refractivity contribution in [3.63, 3.8) is 0 Å². The fourth-order valence-corrected chi connectivity index (χ4v) is 0.721. The number of rotatable bonds is 5. The summed E-state index contributed by atoms with van der Waals surface area (Å²) in [6, 6.07) is 0. The first kappa shape index (κ1) is 10.2.